The Morgan fingerprint density at radius 3 is 1.98 bits per heavy atom. The lowest BCUT2D eigenvalue weighted by molar-refractivity contribution is -0.145. The first-order chi connectivity index (χ1) is 19.8. The van der Waals surface area contributed by atoms with Gasteiger partial charge in [-0.05, 0) is 89.1 Å². The highest BCUT2D eigenvalue weighted by Crippen LogP contribution is 2.22. The number of hydrogen-bond donors (Lipinski definition) is 0. The Kier molecular flexibility index (Phi) is 27.3. The molecule has 0 aromatic carbocycles. The molecule has 2 atom stereocenters. The molecule has 0 aliphatic heterocycles. The second-order valence-electron chi connectivity index (χ2n) is 12.5. The molecule has 0 fully saturated rings. The van der Waals surface area contributed by atoms with Gasteiger partial charge in [0, 0.05) is 38.8 Å². The lowest BCUT2D eigenvalue weighted by Gasteiger charge is -2.23. The Morgan fingerprint density at radius 1 is 0.829 bits per heavy atom. The zero-order chi connectivity index (χ0) is 30.6. The van der Waals surface area contributed by atoms with Crippen molar-refractivity contribution in [1.82, 2.24) is 9.80 Å². The van der Waals surface area contributed by atoms with E-state index in [1.807, 2.05) is 6.20 Å². The standard InChI is InChI=1S/C35H67N3O3/c1-7-33(4)22-23-34(32(2)3)31-41-35(40)21-15-11-10-13-17-27-38(26-16-12-8-9-14-20-30-39)28-19-18-25-37(6)29-24-36-5/h24,29-30,32-34H,5,7-23,25-28,31H2,1-4,6H3/b29-24-. The Bertz CT molecular complexity index is 653. The van der Waals surface area contributed by atoms with Gasteiger partial charge >= 0.3 is 5.97 Å². The largest absolute Gasteiger partial charge is 0.465 e. The van der Waals surface area contributed by atoms with Crippen molar-refractivity contribution in [2.24, 2.45) is 22.7 Å². The normalized spacial score (nSPS) is 13.1. The van der Waals surface area contributed by atoms with Gasteiger partial charge in [-0.3, -0.25) is 9.79 Å². The zero-order valence-corrected chi connectivity index (χ0v) is 27.8. The van der Waals surface area contributed by atoms with Crippen LogP contribution in [-0.4, -0.2) is 68.6 Å². The minimum absolute atomic E-state index is 0.0154. The molecule has 0 aliphatic carbocycles. The molecule has 0 aromatic heterocycles. The van der Waals surface area contributed by atoms with E-state index in [0.717, 1.165) is 57.5 Å². The van der Waals surface area contributed by atoms with Gasteiger partial charge in [0.05, 0.1) is 6.61 Å². The summed E-state index contributed by atoms with van der Waals surface area (Å²) in [6.45, 7) is 17.7. The third-order valence-corrected chi connectivity index (χ3v) is 8.44. The Hall–Kier alpha value is -1.69. The first-order valence-corrected chi connectivity index (χ1v) is 17.0. The number of esters is 1. The summed E-state index contributed by atoms with van der Waals surface area (Å²) in [4.78, 5) is 31.4. The highest BCUT2D eigenvalue weighted by Gasteiger charge is 2.17. The molecule has 2 unspecified atom stereocenters. The van der Waals surface area contributed by atoms with Crippen LogP contribution < -0.4 is 0 Å². The van der Waals surface area contributed by atoms with Crippen molar-refractivity contribution < 1.29 is 14.3 Å². The predicted molar refractivity (Wildman–Crippen MR) is 176 cm³/mol. The maximum Gasteiger partial charge on any atom is 0.305 e. The summed E-state index contributed by atoms with van der Waals surface area (Å²) < 4.78 is 5.67. The molecular formula is C35H67N3O3. The molecule has 0 rings (SSSR count). The van der Waals surface area contributed by atoms with E-state index >= 15 is 0 Å². The van der Waals surface area contributed by atoms with E-state index in [1.165, 1.54) is 77.2 Å². The van der Waals surface area contributed by atoms with E-state index in [4.69, 9.17) is 4.74 Å². The number of aldehydes is 1. The zero-order valence-electron chi connectivity index (χ0n) is 27.8. The number of carbonyl (C=O) groups excluding carboxylic acids is 2. The molecule has 0 bridgehead atoms. The maximum absolute atomic E-state index is 12.3. The monoisotopic (exact) mass is 578 g/mol. The molecule has 0 heterocycles. The molecule has 0 N–H and O–H groups in total. The van der Waals surface area contributed by atoms with E-state index in [-0.39, 0.29) is 5.97 Å². The van der Waals surface area contributed by atoms with Crippen LogP contribution in [-0.2, 0) is 14.3 Å². The molecule has 6 nitrogen and oxygen atoms in total. The van der Waals surface area contributed by atoms with Crippen molar-refractivity contribution in [3.63, 3.8) is 0 Å². The van der Waals surface area contributed by atoms with Crippen molar-refractivity contribution >= 4 is 19.0 Å². The molecule has 240 valence electrons. The highest BCUT2D eigenvalue weighted by molar-refractivity contribution is 5.69. The van der Waals surface area contributed by atoms with Crippen molar-refractivity contribution in [3.8, 4) is 0 Å². The Morgan fingerprint density at radius 2 is 1.39 bits per heavy atom. The van der Waals surface area contributed by atoms with E-state index < -0.39 is 0 Å². The summed E-state index contributed by atoms with van der Waals surface area (Å²) in [7, 11) is 2.08. The number of nitrogens with zero attached hydrogens (tertiary/aromatic N) is 3. The molecule has 41 heavy (non-hydrogen) atoms. The smallest absolute Gasteiger partial charge is 0.305 e. The molecular weight excluding hydrogens is 510 g/mol. The number of aliphatic imine (C=N–C) groups is 1. The number of hydrogen-bond acceptors (Lipinski definition) is 6. The van der Waals surface area contributed by atoms with Crippen LogP contribution in [0.15, 0.2) is 17.4 Å². The first kappa shape index (κ1) is 39.3. The Balaban J connectivity index is 4.18. The average molecular weight is 578 g/mol. The fraction of sp³-hybridized carbons (Fsp3) is 0.857. The average Bonchev–Trinajstić information content (AvgIpc) is 2.96. The molecule has 6 heteroatoms. The fourth-order valence-corrected chi connectivity index (χ4v) is 5.08. The SMILES string of the molecule is C=N/C=C\N(C)CCCCN(CCCCCCCC=O)CCCCCCCC(=O)OCC(CCC(C)CC)C(C)C. The molecule has 0 saturated heterocycles. The number of rotatable bonds is 30. The maximum atomic E-state index is 12.3. The van der Waals surface area contributed by atoms with Crippen LogP contribution >= 0.6 is 0 Å². The quantitative estimate of drug-likeness (QED) is 0.0370. The van der Waals surface area contributed by atoms with Gasteiger partial charge in [0.2, 0.25) is 0 Å². The van der Waals surface area contributed by atoms with Gasteiger partial charge in [-0.2, -0.15) is 0 Å². The molecule has 0 aliphatic rings. The van der Waals surface area contributed by atoms with Gasteiger partial charge in [0.1, 0.15) is 6.29 Å². The van der Waals surface area contributed by atoms with Crippen molar-refractivity contribution in [2.75, 3.05) is 39.8 Å². The summed E-state index contributed by atoms with van der Waals surface area (Å²) in [5, 5.41) is 0. The van der Waals surface area contributed by atoms with Gasteiger partial charge in [-0.25, -0.2) is 0 Å². The summed E-state index contributed by atoms with van der Waals surface area (Å²) in [5.74, 6) is 1.77. The lowest BCUT2D eigenvalue weighted by atomic mass is 9.88. The van der Waals surface area contributed by atoms with Crippen molar-refractivity contribution in [2.45, 2.75) is 137 Å². The molecule has 0 amide bonds. The number of carbonyl (C=O) groups is 2. The summed E-state index contributed by atoms with van der Waals surface area (Å²) in [6, 6.07) is 0. The third kappa shape index (κ3) is 25.7. The summed E-state index contributed by atoms with van der Waals surface area (Å²) in [6.07, 6.45) is 23.6. The van der Waals surface area contributed by atoms with Gasteiger partial charge < -0.3 is 19.3 Å². The van der Waals surface area contributed by atoms with Crippen LogP contribution in [0.1, 0.15) is 137 Å². The predicted octanol–water partition coefficient (Wildman–Crippen LogP) is 8.69. The molecule has 0 aromatic rings. The topological polar surface area (TPSA) is 62.2 Å². The molecule has 0 radical (unpaired) electrons. The Labute approximate surface area is 254 Å². The third-order valence-electron chi connectivity index (χ3n) is 8.44. The van der Waals surface area contributed by atoms with E-state index in [0.29, 0.717) is 31.3 Å². The van der Waals surface area contributed by atoms with Crippen LogP contribution in [0.4, 0.5) is 0 Å². The minimum atomic E-state index is -0.0154. The molecule has 0 saturated carbocycles. The second kappa shape index (κ2) is 28.4. The van der Waals surface area contributed by atoms with E-state index in [2.05, 4.69) is 56.3 Å². The van der Waals surface area contributed by atoms with Crippen LogP contribution in [0.2, 0.25) is 0 Å². The number of ether oxygens (including phenoxy) is 1. The molecule has 0 spiro atoms. The minimum Gasteiger partial charge on any atom is -0.465 e. The lowest BCUT2D eigenvalue weighted by Crippen LogP contribution is -2.28. The number of unbranched alkanes of at least 4 members (excludes halogenated alkanes) is 10. The highest BCUT2D eigenvalue weighted by atomic mass is 16.5. The van der Waals surface area contributed by atoms with Crippen LogP contribution in [0.3, 0.4) is 0 Å². The van der Waals surface area contributed by atoms with Crippen LogP contribution in [0.5, 0.6) is 0 Å². The fourth-order valence-electron chi connectivity index (χ4n) is 5.08. The van der Waals surface area contributed by atoms with Crippen molar-refractivity contribution in [1.29, 1.82) is 0 Å². The van der Waals surface area contributed by atoms with Gasteiger partial charge in [-0.15, -0.1) is 0 Å². The van der Waals surface area contributed by atoms with E-state index in [1.54, 1.807) is 6.20 Å². The van der Waals surface area contributed by atoms with Crippen LogP contribution in [0, 0.1) is 17.8 Å². The van der Waals surface area contributed by atoms with Crippen molar-refractivity contribution in [3.05, 3.63) is 12.4 Å². The van der Waals surface area contributed by atoms with Gasteiger partial charge in [0.25, 0.3) is 0 Å². The summed E-state index contributed by atoms with van der Waals surface area (Å²) in [5.41, 5.74) is 0. The second-order valence-corrected chi connectivity index (χ2v) is 12.5. The van der Waals surface area contributed by atoms with Gasteiger partial charge in [0.15, 0.2) is 0 Å². The van der Waals surface area contributed by atoms with Crippen LogP contribution in [0.25, 0.3) is 0 Å². The summed E-state index contributed by atoms with van der Waals surface area (Å²) >= 11 is 0. The van der Waals surface area contributed by atoms with Gasteiger partial charge in [-0.1, -0.05) is 79.1 Å². The van der Waals surface area contributed by atoms with E-state index in [9.17, 15) is 9.59 Å². The first-order valence-electron chi connectivity index (χ1n) is 17.0.